The molecule has 0 aromatic heterocycles. The average Bonchev–Trinajstić information content (AvgIpc) is 2.76. The number of hydrogen-bond acceptors (Lipinski definition) is 7. The fourth-order valence-corrected chi connectivity index (χ4v) is 2.64. The molecule has 0 heterocycles. The van der Waals surface area contributed by atoms with Crippen LogP contribution in [0.15, 0.2) is 36.4 Å². The molecule has 2 aromatic rings. The van der Waals surface area contributed by atoms with Crippen molar-refractivity contribution in [1.29, 1.82) is 0 Å². The van der Waals surface area contributed by atoms with E-state index >= 15 is 0 Å². The maximum absolute atomic E-state index is 12.8. The molecule has 1 N–H and O–H groups in total. The summed E-state index contributed by atoms with van der Waals surface area (Å²) in [6.07, 6.45) is -0.384. The monoisotopic (exact) mass is 403 g/mol. The third kappa shape index (κ3) is 5.31. The number of amides is 1. The predicted octanol–water partition coefficient (Wildman–Crippen LogP) is 3.30. The van der Waals surface area contributed by atoms with Gasteiger partial charge in [0.05, 0.1) is 39.7 Å². The molecule has 0 aliphatic carbocycles. The summed E-state index contributed by atoms with van der Waals surface area (Å²) in [5, 5.41) is 2.72. The molecule has 8 nitrogen and oxygen atoms in total. The number of carbonyl (C=O) groups excluding carboxylic acids is 2. The van der Waals surface area contributed by atoms with E-state index in [0.717, 1.165) is 0 Å². The zero-order valence-electron chi connectivity index (χ0n) is 17.1. The number of anilines is 1. The van der Waals surface area contributed by atoms with Gasteiger partial charge in [0.1, 0.15) is 11.5 Å². The summed E-state index contributed by atoms with van der Waals surface area (Å²) in [7, 11) is 5.72. The van der Waals surface area contributed by atoms with E-state index in [1.165, 1.54) is 33.5 Å². The van der Waals surface area contributed by atoms with Gasteiger partial charge in [-0.2, -0.15) is 0 Å². The molecule has 29 heavy (non-hydrogen) atoms. The third-order valence-corrected chi connectivity index (χ3v) is 4.17. The molecule has 1 amide bonds. The lowest BCUT2D eigenvalue weighted by molar-refractivity contribution is -0.122. The Balaban J connectivity index is 2.29. The van der Waals surface area contributed by atoms with Crippen LogP contribution in [0, 0.1) is 0 Å². The lowest BCUT2D eigenvalue weighted by atomic mass is 10.1. The molecule has 0 aliphatic rings. The van der Waals surface area contributed by atoms with Crippen molar-refractivity contribution in [2.45, 2.75) is 19.4 Å². The molecular formula is C21H25NO7. The van der Waals surface area contributed by atoms with Crippen molar-refractivity contribution in [3.8, 4) is 23.0 Å². The maximum atomic E-state index is 12.8. The normalized spacial score (nSPS) is 11.2. The summed E-state index contributed by atoms with van der Waals surface area (Å²) >= 11 is 0. The Hall–Kier alpha value is -3.42. The number of methoxy groups -OCH3 is 4. The zero-order chi connectivity index (χ0) is 21.4. The lowest BCUT2D eigenvalue weighted by Gasteiger charge is -2.19. The summed E-state index contributed by atoms with van der Waals surface area (Å²) in [5.41, 5.74) is 0.363. The molecule has 1 atom stereocenters. The fourth-order valence-electron chi connectivity index (χ4n) is 2.64. The standard InChI is InChI=1S/C21H25NO7/c1-6-17(29-14-9-7-8-13(10-14)25-2)20(23)22-16-12-19(27-4)18(26-3)11-15(16)21(24)28-5/h7-12,17H,6H2,1-5H3,(H,22,23)/t17-/m1/s1. The van der Waals surface area contributed by atoms with Gasteiger partial charge in [-0.1, -0.05) is 13.0 Å². The van der Waals surface area contributed by atoms with E-state index in [4.69, 9.17) is 23.7 Å². The van der Waals surface area contributed by atoms with Gasteiger partial charge < -0.3 is 29.0 Å². The molecule has 0 bridgehead atoms. The molecule has 0 saturated heterocycles. The van der Waals surface area contributed by atoms with Crippen molar-refractivity contribution in [2.75, 3.05) is 33.8 Å². The number of nitrogens with one attached hydrogen (secondary N) is 1. The van der Waals surface area contributed by atoms with E-state index in [1.807, 2.05) is 6.92 Å². The summed E-state index contributed by atoms with van der Waals surface area (Å²) < 4.78 is 26.3. The number of rotatable bonds is 9. The first kappa shape index (κ1) is 21.9. The second kappa shape index (κ2) is 10.2. The number of ether oxygens (including phenoxy) is 5. The summed E-state index contributed by atoms with van der Waals surface area (Å²) in [6.45, 7) is 1.82. The SMILES string of the molecule is CC[C@@H](Oc1cccc(OC)c1)C(=O)Nc1cc(OC)c(OC)cc1C(=O)OC. The first-order valence-corrected chi connectivity index (χ1v) is 8.93. The first-order valence-electron chi connectivity index (χ1n) is 8.93. The minimum atomic E-state index is -0.791. The van der Waals surface area contributed by atoms with Crippen molar-refractivity contribution in [1.82, 2.24) is 0 Å². The van der Waals surface area contributed by atoms with Crippen LogP contribution in [-0.4, -0.2) is 46.4 Å². The maximum Gasteiger partial charge on any atom is 0.340 e. The smallest absolute Gasteiger partial charge is 0.340 e. The Morgan fingerprint density at radius 1 is 0.931 bits per heavy atom. The van der Waals surface area contributed by atoms with Crippen LogP contribution in [0.25, 0.3) is 0 Å². The minimum Gasteiger partial charge on any atom is -0.497 e. The molecule has 0 radical (unpaired) electrons. The van der Waals surface area contributed by atoms with Gasteiger partial charge in [-0.25, -0.2) is 4.79 Å². The van der Waals surface area contributed by atoms with E-state index in [-0.39, 0.29) is 11.3 Å². The van der Waals surface area contributed by atoms with Gasteiger partial charge in [0.2, 0.25) is 0 Å². The zero-order valence-corrected chi connectivity index (χ0v) is 17.1. The Morgan fingerprint density at radius 2 is 1.59 bits per heavy atom. The quantitative estimate of drug-likeness (QED) is 0.642. The Bertz CT molecular complexity index is 866. The van der Waals surface area contributed by atoms with Crippen molar-refractivity contribution >= 4 is 17.6 Å². The molecule has 2 aromatic carbocycles. The number of esters is 1. The second-order valence-corrected chi connectivity index (χ2v) is 5.93. The van der Waals surface area contributed by atoms with Gasteiger partial charge in [0, 0.05) is 18.2 Å². The van der Waals surface area contributed by atoms with E-state index in [1.54, 1.807) is 31.4 Å². The second-order valence-electron chi connectivity index (χ2n) is 5.93. The molecule has 0 saturated carbocycles. The van der Waals surface area contributed by atoms with Crippen LogP contribution in [0.2, 0.25) is 0 Å². The van der Waals surface area contributed by atoms with Crippen LogP contribution in [0.5, 0.6) is 23.0 Å². The molecule has 0 unspecified atom stereocenters. The van der Waals surface area contributed by atoms with Crippen LogP contribution >= 0.6 is 0 Å². The molecule has 8 heteroatoms. The van der Waals surface area contributed by atoms with Crippen LogP contribution in [0.4, 0.5) is 5.69 Å². The third-order valence-electron chi connectivity index (χ3n) is 4.17. The van der Waals surface area contributed by atoms with Crippen LogP contribution in [-0.2, 0) is 9.53 Å². The van der Waals surface area contributed by atoms with Crippen molar-refractivity contribution < 1.29 is 33.3 Å². The molecule has 0 spiro atoms. The Morgan fingerprint density at radius 3 is 2.17 bits per heavy atom. The van der Waals surface area contributed by atoms with Gasteiger partial charge in [-0.3, -0.25) is 4.79 Å². The molecule has 2 rings (SSSR count). The number of hydrogen-bond donors (Lipinski definition) is 1. The lowest BCUT2D eigenvalue weighted by Crippen LogP contribution is -2.33. The summed E-state index contributed by atoms with van der Waals surface area (Å²) in [6, 6.07) is 9.91. The molecule has 0 aliphatic heterocycles. The highest BCUT2D eigenvalue weighted by Crippen LogP contribution is 2.34. The molecular weight excluding hydrogens is 378 g/mol. The van der Waals surface area contributed by atoms with E-state index in [9.17, 15) is 9.59 Å². The Labute approximate surface area is 169 Å². The highest BCUT2D eigenvalue weighted by Gasteiger charge is 2.23. The van der Waals surface area contributed by atoms with Gasteiger partial charge in [0.25, 0.3) is 5.91 Å². The fraction of sp³-hybridized carbons (Fsp3) is 0.333. The largest absolute Gasteiger partial charge is 0.497 e. The first-order chi connectivity index (χ1) is 14.0. The Kier molecular flexibility index (Phi) is 7.70. The van der Waals surface area contributed by atoms with Crippen LogP contribution in [0.1, 0.15) is 23.7 Å². The van der Waals surface area contributed by atoms with Crippen LogP contribution < -0.4 is 24.3 Å². The molecule has 156 valence electrons. The number of benzene rings is 2. The van der Waals surface area contributed by atoms with E-state index in [0.29, 0.717) is 29.4 Å². The minimum absolute atomic E-state index is 0.134. The van der Waals surface area contributed by atoms with Crippen molar-refractivity contribution in [3.63, 3.8) is 0 Å². The van der Waals surface area contributed by atoms with Crippen molar-refractivity contribution in [3.05, 3.63) is 42.0 Å². The predicted molar refractivity (Wildman–Crippen MR) is 107 cm³/mol. The summed E-state index contributed by atoms with van der Waals surface area (Å²) in [5.74, 6) is 0.760. The summed E-state index contributed by atoms with van der Waals surface area (Å²) in [4.78, 5) is 25.0. The highest BCUT2D eigenvalue weighted by atomic mass is 16.5. The van der Waals surface area contributed by atoms with Gasteiger partial charge >= 0.3 is 5.97 Å². The van der Waals surface area contributed by atoms with Crippen molar-refractivity contribution in [2.24, 2.45) is 0 Å². The van der Waals surface area contributed by atoms with Gasteiger partial charge in [-0.15, -0.1) is 0 Å². The van der Waals surface area contributed by atoms with Gasteiger partial charge in [-0.05, 0) is 18.6 Å². The number of carbonyl (C=O) groups is 2. The topological polar surface area (TPSA) is 92.3 Å². The van der Waals surface area contributed by atoms with E-state index < -0.39 is 18.0 Å². The molecule has 0 fully saturated rings. The highest BCUT2D eigenvalue weighted by molar-refractivity contribution is 6.03. The van der Waals surface area contributed by atoms with E-state index in [2.05, 4.69) is 5.32 Å². The van der Waals surface area contributed by atoms with Crippen LogP contribution in [0.3, 0.4) is 0 Å². The van der Waals surface area contributed by atoms with Gasteiger partial charge in [0.15, 0.2) is 17.6 Å². The average molecular weight is 403 g/mol.